The maximum Gasteiger partial charge on any atom is 0.308 e. The molecule has 168 valence electrons. The number of piperazine rings is 1. The van der Waals surface area contributed by atoms with Gasteiger partial charge in [-0.2, -0.15) is 0 Å². The molecule has 0 aliphatic carbocycles. The summed E-state index contributed by atoms with van der Waals surface area (Å²) in [5, 5.41) is 3.39. The Kier molecular flexibility index (Phi) is 10.6. The van der Waals surface area contributed by atoms with Gasteiger partial charge in [-0.15, -0.1) is 24.0 Å². The Hall–Kier alpha value is -1.69. The van der Waals surface area contributed by atoms with Crippen LogP contribution in [0.4, 0.5) is 5.95 Å². The average molecular weight is 531 g/mol. The molecule has 3 rings (SSSR count). The number of aliphatic imine (C=N–C) groups is 1. The summed E-state index contributed by atoms with van der Waals surface area (Å²) >= 11 is 0. The van der Waals surface area contributed by atoms with Crippen LogP contribution in [0.1, 0.15) is 19.8 Å². The van der Waals surface area contributed by atoms with Gasteiger partial charge in [0.2, 0.25) is 5.95 Å². The summed E-state index contributed by atoms with van der Waals surface area (Å²) in [6.07, 6.45) is 5.22. The number of halogens is 1. The SMILES string of the molecule is CCNC(=NCCN1CCN(c2ncccn2)CC1)N1CCC(C(=O)OC)CC1.I. The number of hydrogen-bond donors (Lipinski definition) is 1. The van der Waals surface area contributed by atoms with Gasteiger partial charge >= 0.3 is 5.97 Å². The van der Waals surface area contributed by atoms with Crippen LogP contribution in [0.15, 0.2) is 23.5 Å². The Morgan fingerprint density at radius 2 is 1.83 bits per heavy atom. The zero-order chi connectivity index (χ0) is 20.5. The number of nitrogens with one attached hydrogen (secondary N) is 1. The van der Waals surface area contributed by atoms with Gasteiger partial charge in [-0.05, 0) is 25.8 Å². The van der Waals surface area contributed by atoms with Crippen molar-refractivity contribution < 1.29 is 9.53 Å². The van der Waals surface area contributed by atoms with E-state index in [2.05, 4.69) is 36.9 Å². The predicted molar refractivity (Wildman–Crippen MR) is 128 cm³/mol. The van der Waals surface area contributed by atoms with Crippen LogP contribution in [-0.4, -0.2) is 97.7 Å². The summed E-state index contributed by atoms with van der Waals surface area (Å²) in [7, 11) is 1.47. The van der Waals surface area contributed by atoms with Crippen LogP contribution in [0, 0.1) is 5.92 Å². The third-order valence-corrected chi connectivity index (χ3v) is 5.55. The standard InChI is InChI=1S/C20H33N7O2.HI/c1-3-21-19(26-10-5-17(6-11-26)18(28)29-2)24-9-12-25-13-15-27(16-14-25)20-22-7-4-8-23-20;/h4,7-8,17H,3,5-6,9-16H2,1-2H3,(H,21,24);1H. The first-order chi connectivity index (χ1) is 14.2. The highest BCUT2D eigenvalue weighted by Gasteiger charge is 2.27. The van der Waals surface area contributed by atoms with Crippen molar-refractivity contribution in [2.24, 2.45) is 10.9 Å². The van der Waals surface area contributed by atoms with Crippen LogP contribution in [0.25, 0.3) is 0 Å². The average Bonchev–Trinajstić information content (AvgIpc) is 2.79. The van der Waals surface area contributed by atoms with Crippen LogP contribution in [0.2, 0.25) is 0 Å². The molecule has 1 aromatic rings. The molecule has 0 bridgehead atoms. The van der Waals surface area contributed by atoms with E-state index >= 15 is 0 Å². The molecule has 0 spiro atoms. The molecule has 2 aliphatic rings. The van der Waals surface area contributed by atoms with Gasteiger partial charge in [0, 0.05) is 64.8 Å². The molecule has 0 atom stereocenters. The Labute approximate surface area is 196 Å². The van der Waals surface area contributed by atoms with Gasteiger partial charge in [0.15, 0.2) is 5.96 Å². The number of carbonyl (C=O) groups excluding carboxylic acids is 1. The molecule has 0 aromatic carbocycles. The molecular formula is C20H34IN7O2. The van der Waals surface area contributed by atoms with Gasteiger partial charge < -0.3 is 19.9 Å². The topological polar surface area (TPSA) is 86.2 Å². The number of likely N-dealkylation sites (tertiary alicyclic amines) is 1. The number of nitrogens with zero attached hydrogens (tertiary/aromatic N) is 6. The molecule has 2 fully saturated rings. The summed E-state index contributed by atoms with van der Waals surface area (Å²) in [6.45, 7) is 10.2. The van der Waals surface area contributed by atoms with Crippen molar-refractivity contribution >= 4 is 41.9 Å². The molecular weight excluding hydrogens is 497 g/mol. The van der Waals surface area contributed by atoms with Crippen molar-refractivity contribution in [1.29, 1.82) is 0 Å². The minimum atomic E-state index is -0.0911. The summed E-state index contributed by atoms with van der Waals surface area (Å²) in [5.41, 5.74) is 0. The van der Waals surface area contributed by atoms with Crippen molar-refractivity contribution in [1.82, 2.24) is 25.1 Å². The van der Waals surface area contributed by atoms with Crippen LogP contribution < -0.4 is 10.2 Å². The molecule has 1 N–H and O–H groups in total. The molecule has 3 heterocycles. The molecule has 10 heteroatoms. The van der Waals surface area contributed by atoms with Crippen LogP contribution in [0.3, 0.4) is 0 Å². The lowest BCUT2D eigenvalue weighted by atomic mass is 9.97. The molecule has 0 radical (unpaired) electrons. The van der Waals surface area contributed by atoms with Gasteiger partial charge in [-0.3, -0.25) is 14.7 Å². The first-order valence-corrected chi connectivity index (χ1v) is 10.6. The number of carbonyl (C=O) groups is 1. The molecule has 2 aliphatic heterocycles. The number of ether oxygens (including phenoxy) is 1. The first-order valence-electron chi connectivity index (χ1n) is 10.6. The number of hydrogen-bond acceptors (Lipinski definition) is 7. The summed E-state index contributed by atoms with van der Waals surface area (Å²) in [6, 6.07) is 1.84. The Morgan fingerprint density at radius 3 is 2.43 bits per heavy atom. The van der Waals surface area contributed by atoms with E-state index in [4.69, 9.17) is 9.73 Å². The van der Waals surface area contributed by atoms with E-state index < -0.39 is 0 Å². The maximum atomic E-state index is 11.7. The van der Waals surface area contributed by atoms with E-state index in [0.717, 1.165) is 83.7 Å². The second kappa shape index (κ2) is 12.9. The lowest BCUT2D eigenvalue weighted by molar-refractivity contribution is -0.146. The lowest BCUT2D eigenvalue weighted by Crippen LogP contribution is -2.48. The van der Waals surface area contributed by atoms with Crippen molar-refractivity contribution in [3.63, 3.8) is 0 Å². The normalized spacial score (nSPS) is 18.7. The minimum absolute atomic E-state index is 0. The second-order valence-electron chi connectivity index (χ2n) is 7.40. The third kappa shape index (κ3) is 6.93. The quantitative estimate of drug-likeness (QED) is 0.253. The van der Waals surface area contributed by atoms with Crippen LogP contribution in [0.5, 0.6) is 0 Å². The monoisotopic (exact) mass is 531 g/mol. The molecule has 0 unspecified atom stereocenters. The van der Waals surface area contributed by atoms with Gasteiger partial charge in [-0.25, -0.2) is 9.97 Å². The number of esters is 1. The van der Waals surface area contributed by atoms with E-state index in [9.17, 15) is 4.79 Å². The fourth-order valence-electron chi connectivity index (χ4n) is 3.84. The Balaban J connectivity index is 0.00000320. The molecule has 9 nitrogen and oxygen atoms in total. The summed E-state index contributed by atoms with van der Waals surface area (Å²) in [4.78, 5) is 32.2. The van der Waals surface area contributed by atoms with Gasteiger partial charge in [0.25, 0.3) is 0 Å². The van der Waals surface area contributed by atoms with E-state index in [1.54, 1.807) is 12.4 Å². The highest BCUT2D eigenvalue weighted by Crippen LogP contribution is 2.18. The smallest absolute Gasteiger partial charge is 0.308 e. The number of aromatic nitrogens is 2. The van der Waals surface area contributed by atoms with E-state index in [1.165, 1.54) is 7.11 Å². The highest BCUT2D eigenvalue weighted by atomic mass is 127. The van der Waals surface area contributed by atoms with Crippen molar-refractivity contribution in [2.45, 2.75) is 19.8 Å². The van der Waals surface area contributed by atoms with Gasteiger partial charge in [0.1, 0.15) is 0 Å². The van der Waals surface area contributed by atoms with Crippen molar-refractivity contribution in [3.8, 4) is 0 Å². The van der Waals surface area contributed by atoms with E-state index in [1.807, 2.05) is 6.07 Å². The van der Waals surface area contributed by atoms with Crippen LogP contribution in [-0.2, 0) is 9.53 Å². The fourth-order valence-corrected chi connectivity index (χ4v) is 3.84. The van der Waals surface area contributed by atoms with Gasteiger partial charge in [0.05, 0.1) is 19.6 Å². The second-order valence-corrected chi connectivity index (χ2v) is 7.40. The maximum absolute atomic E-state index is 11.7. The van der Waals surface area contributed by atoms with Crippen molar-refractivity contribution in [3.05, 3.63) is 18.5 Å². The lowest BCUT2D eigenvalue weighted by Gasteiger charge is -2.35. The number of guanidine groups is 1. The van der Waals surface area contributed by atoms with Crippen molar-refractivity contribution in [2.75, 3.05) is 70.9 Å². The first kappa shape index (κ1) is 24.6. The zero-order valence-corrected chi connectivity index (χ0v) is 20.3. The zero-order valence-electron chi connectivity index (χ0n) is 18.0. The summed E-state index contributed by atoms with van der Waals surface area (Å²) < 4.78 is 4.88. The largest absolute Gasteiger partial charge is 0.469 e. The number of methoxy groups -OCH3 is 1. The number of rotatable bonds is 6. The Bertz CT molecular complexity index is 660. The van der Waals surface area contributed by atoms with E-state index in [-0.39, 0.29) is 35.9 Å². The molecule has 1 aromatic heterocycles. The molecule has 0 amide bonds. The Morgan fingerprint density at radius 1 is 1.17 bits per heavy atom. The number of anilines is 1. The number of piperidine rings is 1. The van der Waals surface area contributed by atoms with E-state index in [0.29, 0.717) is 0 Å². The molecule has 0 saturated carbocycles. The summed E-state index contributed by atoms with van der Waals surface area (Å²) in [5.74, 6) is 1.69. The van der Waals surface area contributed by atoms with Crippen LogP contribution >= 0.6 is 24.0 Å². The molecule has 30 heavy (non-hydrogen) atoms. The molecule has 2 saturated heterocycles. The predicted octanol–water partition coefficient (Wildman–Crippen LogP) is 1.07. The third-order valence-electron chi connectivity index (χ3n) is 5.55. The minimum Gasteiger partial charge on any atom is -0.469 e. The highest BCUT2D eigenvalue weighted by molar-refractivity contribution is 14.0. The fraction of sp³-hybridized carbons (Fsp3) is 0.700. The van der Waals surface area contributed by atoms with Gasteiger partial charge in [-0.1, -0.05) is 0 Å².